The Kier molecular flexibility index (Phi) is 6.04. The number of pyridine rings is 2. The normalized spacial score (nSPS) is 13.7. The predicted octanol–water partition coefficient (Wildman–Crippen LogP) is 9.94. The Morgan fingerprint density at radius 3 is 2.02 bits per heavy atom. The molecule has 7 aromatic rings. The first-order valence-corrected chi connectivity index (χ1v) is 15.3. The number of fused-ring (bicyclic) bond motifs is 5. The lowest BCUT2D eigenvalue weighted by atomic mass is 9.65. The van der Waals surface area contributed by atoms with Crippen molar-refractivity contribution in [2.24, 2.45) is 0 Å². The molecule has 4 nitrogen and oxygen atoms in total. The van der Waals surface area contributed by atoms with Gasteiger partial charge in [0.05, 0.1) is 22.3 Å². The molecule has 3 heterocycles. The van der Waals surface area contributed by atoms with Crippen LogP contribution in [0.2, 0.25) is 0 Å². The Hall–Kier alpha value is -5.48. The SMILES string of the molecule is CC(C)(C)c1cc(-c2ccccc2O)nc2c1ccc1ccc(C3(c4ccccn4)c4ccccc4Oc4ccccc43)cc12. The van der Waals surface area contributed by atoms with Gasteiger partial charge in [0.2, 0.25) is 0 Å². The number of hydrogen-bond acceptors (Lipinski definition) is 4. The van der Waals surface area contributed by atoms with Crippen LogP contribution in [0.5, 0.6) is 17.2 Å². The van der Waals surface area contributed by atoms with Gasteiger partial charge in [0.25, 0.3) is 0 Å². The molecule has 0 unspecified atom stereocenters. The van der Waals surface area contributed by atoms with E-state index in [-0.39, 0.29) is 11.2 Å². The van der Waals surface area contributed by atoms with E-state index in [1.54, 1.807) is 6.07 Å². The first-order valence-electron chi connectivity index (χ1n) is 15.3. The van der Waals surface area contributed by atoms with Gasteiger partial charge in [0, 0.05) is 33.7 Å². The van der Waals surface area contributed by atoms with E-state index in [0.717, 1.165) is 66.8 Å². The van der Waals surface area contributed by atoms with E-state index in [1.165, 1.54) is 5.56 Å². The van der Waals surface area contributed by atoms with Crippen LogP contribution in [0.4, 0.5) is 0 Å². The van der Waals surface area contributed by atoms with Gasteiger partial charge >= 0.3 is 0 Å². The molecule has 1 N–H and O–H groups in total. The molecule has 0 radical (unpaired) electrons. The highest BCUT2D eigenvalue weighted by molar-refractivity contribution is 6.07. The molecule has 0 amide bonds. The van der Waals surface area contributed by atoms with Crippen molar-refractivity contribution in [1.82, 2.24) is 9.97 Å². The van der Waals surface area contributed by atoms with E-state index in [2.05, 4.69) is 93.6 Å². The fourth-order valence-electron chi connectivity index (χ4n) is 7.00. The molecule has 8 rings (SSSR count). The summed E-state index contributed by atoms with van der Waals surface area (Å²) < 4.78 is 6.50. The standard InChI is InChI=1S/C41H32N2O2/c1-40(2,3)33-25-34(29-12-4-7-15-35(29)44)43-39-28(33)22-20-26-19-21-27(24-30(26)39)41(38-18-10-11-23-42-38)31-13-5-8-16-36(31)45-37-17-9-6-14-32(37)41/h4-25,44H,1-3H3. The third kappa shape index (κ3) is 4.13. The molecule has 0 saturated carbocycles. The Morgan fingerprint density at radius 2 is 1.33 bits per heavy atom. The second kappa shape index (κ2) is 10.0. The first kappa shape index (κ1) is 27.1. The van der Waals surface area contributed by atoms with Gasteiger partial charge in [-0.2, -0.15) is 0 Å². The highest BCUT2D eigenvalue weighted by Crippen LogP contribution is 2.55. The Bertz CT molecular complexity index is 2200. The van der Waals surface area contributed by atoms with Crippen molar-refractivity contribution >= 4 is 21.7 Å². The van der Waals surface area contributed by atoms with Crippen LogP contribution in [0.15, 0.2) is 134 Å². The van der Waals surface area contributed by atoms with Gasteiger partial charge in [-0.15, -0.1) is 0 Å². The lowest BCUT2D eigenvalue weighted by Crippen LogP contribution is -2.35. The number of ether oxygens (including phenoxy) is 1. The molecule has 218 valence electrons. The van der Waals surface area contributed by atoms with Crippen molar-refractivity contribution < 1.29 is 9.84 Å². The van der Waals surface area contributed by atoms with Gasteiger partial charge in [0.1, 0.15) is 17.2 Å². The van der Waals surface area contributed by atoms with Gasteiger partial charge < -0.3 is 9.84 Å². The number of phenols is 1. The summed E-state index contributed by atoms with van der Waals surface area (Å²) in [5.74, 6) is 1.85. The summed E-state index contributed by atoms with van der Waals surface area (Å²) in [6.07, 6.45) is 1.87. The van der Waals surface area contributed by atoms with Crippen LogP contribution < -0.4 is 4.74 Å². The van der Waals surface area contributed by atoms with Crippen molar-refractivity contribution in [2.45, 2.75) is 31.6 Å². The van der Waals surface area contributed by atoms with E-state index in [4.69, 9.17) is 14.7 Å². The number of benzene rings is 5. The number of aromatic hydroxyl groups is 1. The average Bonchev–Trinajstić information content (AvgIpc) is 3.06. The molecular weight excluding hydrogens is 552 g/mol. The molecule has 5 aromatic carbocycles. The lowest BCUT2D eigenvalue weighted by Gasteiger charge is -2.40. The van der Waals surface area contributed by atoms with Crippen LogP contribution in [-0.4, -0.2) is 15.1 Å². The lowest BCUT2D eigenvalue weighted by molar-refractivity contribution is 0.432. The minimum absolute atomic E-state index is 0.153. The molecular formula is C41H32N2O2. The second-order valence-corrected chi connectivity index (χ2v) is 12.8. The van der Waals surface area contributed by atoms with E-state index in [0.29, 0.717) is 0 Å². The molecule has 1 aliphatic heterocycles. The Labute approximate surface area is 262 Å². The minimum atomic E-state index is -0.731. The third-order valence-electron chi connectivity index (χ3n) is 9.07. The summed E-state index contributed by atoms with van der Waals surface area (Å²) in [6.45, 7) is 6.68. The maximum absolute atomic E-state index is 10.8. The molecule has 0 aliphatic carbocycles. The summed E-state index contributed by atoms with van der Waals surface area (Å²) in [5.41, 5.74) is 6.76. The molecule has 2 aromatic heterocycles. The summed E-state index contributed by atoms with van der Waals surface area (Å²) in [6, 6.07) is 43.3. The summed E-state index contributed by atoms with van der Waals surface area (Å²) >= 11 is 0. The van der Waals surface area contributed by atoms with Crippen molar-refractivity contribution in [3.63, 3.8) is 0 Å². The summed E-state index contributed by atoms with van der Waals surface area (Å²) in [7, 11) is 0. The maximum Gasteiger partial charge on any atom is 0.132 e. The van der Waals surface area contributed by atoms with Crippen molar-refractivity contribution in [3.8, 4) is 28.5 Å². The van der Waals surface area contributed by atoms with Gasteiger partial charge in [-0.05, 0) is 70.5 Å². The van der Waals surface area contributed by atoms with Crippen molar-refractivity contribution in [3.05, 3.63) is 162 Å². The summed E-state index contributed by atoms with van der Waals surface area (Å²) in [5, 5.41) is 14.1. The van der Waals surface area contributed by atoms with Crippen LogP contribution >= 0.6 is 0 Å². The zero-order valence-corrected chi connectivity index (χ0v) is 25.5. The largest absolute Gasteiger partial charge is 0.507 e. The summed E-state index contributed by atoms with van der Waals surface area (Å²) in [4.78, 5) is 10.3. The van der Waals surface area contributed by atoms with Gasteiger partial charge in [-0.25, -0.2) is 4.98 Å². The highest BCUT2D eigenvalue weighted by Gasteiger charge is 2.46. The molecule has 0 spiro atoms. The minimum Gasteiger partial charge on any atom is -0.507 e. The molecule has 1 aliphatic rings. The van der Waals surface area contributed by atoms with E-state index < -0.39 is 5.41 Å². The van der Waals surface area contributed by atoms with Crippen LogP contribution in [0.3, 0.4) is 0 Å². The van der Waals surface area contributed by atoms with Gasteiger partial charge in [0.15, 0.2) is 0 Å². The van der Waals surface area contributed by atoms with Crippen LogP contribution in [0.25, 0.3) is 32.9 Å². The second-order valence-electron chi connectivity index (χ2n) is 12.8. The Balaban J connectivity index is 1.51. The first-order chi connectivity index (χ1) is 21.9. The fourth-order valence-corrected chi connectivity index (χ4v) is 7.00. The monoisotopic (exact) mass is 584 g/mol. The molecule has 0 saturated heterocycles. The maximum atomic E-state index is 10.8. The molecule has 0 fully saturated rings. The van der Waals surface area contributed by atoms with Crippen LogP contribution in [0, 0.1) is 0 Å². The third-order valence-corrected chi connectivity index (χ3v) is 9.07. The fraction of sp³-hybridized carbons (Fsp3) is 0.122. The number of rotatable bonds is 3. The number of nitrogens with zero attached hydrogens (tertiary/aromatic N) is 2. The van der Waals surface area contributed by atoms with Gasteiger partial charge in [-0.1, -0.05) is 99.6 Å². The molecule has 0 bridgehead atoms. The number of aromatic nitrogens is 2. The van der Waals surface area contributed by atoms with Crippen molar-refractivity contribution in [2.75, 3.05) is 0 Å². The number of phenolic OH excluding ortho intramolecular Hbond substituents is 1. The van der Waals surface area contributed by atoms with Crippen LogP contribution in [0.1, 0.15) is 48.7 Å². The Morgan fingerprint density at radius 1 is 0.667 bits per heavy atom. The zero-order chi connectivity index (χ0) is 30.8. The number of hydrogen-bond donors (Lipinski definition) is 1. The number of para-hydroxylation sites is 3. The predicted molar refractivity (Wildman–Crippen MR) is 181 cm³/mol. The van der Waals surface area contributed by atoms with Gasteiger partial charge in [-0.3, -0.25) is 4.98 Å². The average molecular weight is 585 g/mol. The van der Waals surface area contributed by atoms with E-state index >= 15 is 0 Å². The topological polar surface area (TPSA) is 55.2 Å². The smallest absolute Gasteiger partial charge is 0.132 e. The molecule has 45 heavy (non-hydrogen) atoms. The van der Waals surface area contributed by atoms with Crippen LogP contribution in [-0.2, 0) is 10.8 Å². The molecule has 0 atom stereocenters. The highest BCUT2D eigenvalue weighted by atomic mass is 16.5. The quantitative estimate of drug-likeness (QED) is 0.210. The van der Waals surface area contributed by atoms with E-state index in [1.807, 2.05) is 54.7 Å². The van der Waals surface area contributed by atoms with Crippen molar-refractivity contribution in [1.29, 1.82) is 0 Å². The zero-order valence-electron chi connectivity index (χ0n) is 25.5. The van der Waals surface area contributed by atoms with E-state index in [9.17, 15) is 5.11 Å². The molecule has 4 heteroatoms.